The van der Waals surface area contributed by atoms with Crippen molar-refractivity contribution in [3.8, 4) is 11.3 Å². The molecule has 6 nitrogen and oxygen atoms in total. The zero-order chi connectivity index (χ0) is 16.9. The Balaban J connectivity index is 1.65. The lowest BCUT2D eigenvalue weighted by Gasteiger charge is -2.34. The summed E-state index contributed by atoms with van der Waals surface area (Å²) in [6.45, 7) is 7.04. The first-order chi connectivity index (χ1) is 11.7. The van der Waals surface area contributed by atoms with E-state index in [2.05, 4.69) is 34.2 Å². The van der Waals surface area contributed by atoms with Crippen molar-refractivity contribution in [2.24, 2.45) is 0 Å². The van der Waals surface area contributed by atoms with E-state index in [-0.39, 0.29) is 6.09 Å². The minimum Gasteiger partial charge on any atom is -0.450 e. The summed E-state index contributed by atoms with van der Waals surface area (Å²) in [7, 11) is 0. The van der Waals surface area contributed by atoms with Gasteiger partial charge in [-0.3, -0.25) is 0 Å². The van der Waals surface area contributed by atoms with Gasteiger partial charge in [-0.05, 0) is 31.5 Å². The number of ether oxygens (including phenoxy) is 1. The molecule has 3 rings (SSSR count). The Hall–Kier alpha value is -2.63. The maximum absolute atomic E-state index is 11.7. The lowest BCUT2D eigenvalue weighted by atomic mass is 10.1. The average molecular weight is 326 g/mol. The average Bonchev–Trinajstić information content (AvgIpc) is 2.63. The normalized spacial score (nSPS) is 14.6. The predicted molar refractivity (Wildman–Crippen MR) is 93.0 cm³/mol. The van der Waals surface area contributed by atoms with Crippen LogP contribution in [0.1, 0.15) is 12.5 Å². The number of rotatable bonds is 3. The number of carbonyl (C=O) groups is 1. The van der Waals surface area contributed by atoms with Gasteiger partial charge >= 0.3 is 6.09 Å². The van der Waals surface area contributed by atoms with Gasteiger partial charge in [0.05, 0.1) is 12.3 Å². The zero-order valence-corrected chi connectivity index (χ0v) is 14.1. The molecule has 1 amide bonds. The molecule has 2 aromatic rings. The topological polar surface area (TPSA) is 58.6 Å². The summed E-state index contributed by atoms with van der Waals surface area (Å²) in [5.74, 6) is 0.843. The van der Waals surface area contributed by atoms with Crippen molar-refractivity contribution in [3.63, 3.8) is 0 Å². The molecule has 0 bridgehead atoms. The smallest absolute Gasteiger partial charge is 0.409 e. The van der Waals surface area contributed by atoms with Gasteiger partial charge in [-0.15, -0.1) is 10.2 Å². The quantitative estimate of drug-likeness (QED) is 0.868. The summed E-state index contributed by atoms with van der Waals surface area (Å²) in [4.78, 5) is 15.6. The Bertz CT molecular complexity index is 694. The second kappa shape index (κ2) is 7.29. The lowest BCUT2D eigenvalue weighted by molar-refractivity contribution is 0.105. The van der Waals surface area contributed by atoms with Crippen molar-refractivity contribution in [2.75, 3.05) is 37.7 Å². The molecule has 1 aromatic carbocycles. The maximum Gasteiger partial charge on any atom is 0.409 e. The number of piperazine rings is 1. The number of aryl methyl sites for hydroxylation is 1. The Kier molecular flexibility index (Phi) is 4.93. The molecule has 1 fully saturated rings. The van der Waals surface area contributed by atoms with Gasteiger partial charge in [0.1, 0.15) is 0 Å². The monoisotopic (exact) mass is 326 g/mol. The van der Waals surface area contributed by atoms with E-state index in [4.69, 9.17) is 4.74 Å². The van der Waals surface area contributed by atoms with E-state index in [1.807, 2.05) is 31.2 Å². The number of amides is 1. The van der Waals surface area contributed by atoms with Crippen molar-refractivity contribution >= 4 is 11.9 Å². The Morgan fingerprint density at radius 1 is 1.08 bits per heavy atom. The Morgan fingerprint density at radius 2 is 1.83 bits per heavy atom. The molecule has 0 radical (unpaired) electrons. The van der Waals surface area contributed by atoms with Gasteiger partial charge in [0.25, 0.3) is 0 Å². The van der Waals surface area contributed by atoms with Crippen LogP contribution in [-0.2, 0) is 4.74 Å². The molecule has 6 heteroatoms. The van der Waals surface area contributed by atoms with E-state index in [0.717, 1.165) is 30.2 Å². The van der Waals surface area contributed by atoms with Crippen molar-refractivity contribution in [2.45, 2.75) is 13.8 Å². The number of hydrogen-bond acceptors (Lipinski definition) is 5. The summed E-state index contributed by atoms with van der Waals surface area (Å²) in [5, 5.41) is 8.74. The van der Waals surface area contributed by atoms with Crippen molar-refractivity contribution in [1.29, 1.82) is 0 Å². The zero-order valence-electron chi connectivity index (χ0n) is 14.1. The molecular formula is C18H22N4O2. The van der Waals surface area contributed by atoms with E-state index in [9.17, 15) is 4.79 Å². The highest BCUT2D eigenvalue weighted by molar-refractivity contribution is 5.68. The van der Waals surface area contributed by atoms with E-state index < -0.39 is 0 Å². The third-order valence-corrected chi connectivity index (χ3v) is 4.20. The second-order valence-corrected chi connectivity index (χ2v) is 5.76. The first-order valence-electron chi connectivity index (χ1n) is 8.25. The van der Waals surface area contributed by atoms with Gasteiger partial charge in [0.2, 0.25) is 0 Å². The van der Waals surface area contributed by atoms with Crippen LogP contribution in [0.15, 0.2) is 36.4 Å². The summed E-state index contributed by atoms with van der Waals surface area (Å²) in [5.41, 5.74) is 3.16. The molecular weight excluding hydrogens is 304 g/mol. The number of aromatic nitrogens is 2. The number of benzene rings is 1. The summed E-state index contributed by atoms with van der Waals surface area (Å²) >= 11 is 0. The van der Waals surface area contributed by atoms with Crippen molar-refractivity contribution in [3.05, 3.63) is 42.0 Å². The minimum absolute atomic E-state index is 0.238. The van der Waals surface area contributed by atoms with Gasteiger partial charge in [-0.25, -0.2) is 4.79 Å². The van der Waals surface area contributed by atoms with Gasteiger partial charge in [-0.2, -0.15) is 0 Å². The van der Waals surface area contributed by atoms with Crippen LogP contribution in [0.4, 0.5) is 10.6 Å². The molecule has 0 unspecified atom stereocenters. The summed E-state index contributed by atoms with van der Waals surface area (Å²) in [6, 6.07) is 12.1. The minimum atomic E-state index is -0.238. The first-order valence-corrected chi connectivity index (χ1v) is 8.25. The fourth-order valence-electron chi connectivity index (χ4n) is 2.83. The van der Waals surface area contributed by atoms with Crippen molar-refractivity contribution in [1.82, 2.24) is 15.1 Å². The number of carbonyl (C=O) groups excluding carboxylic acids is 1. The van der Waals surface area contributed by atoms with Crippen LogP contribution in [0.5, 0.6) is 0 Å². The molecule has 1 saturated heterocycles. The van der Waals surface area contributed by atoms with Crippen LogP contribution in [0.3, 0.4) is 0 Å². The lowest BCUT2D eigenvalue weighted by Crippen LogP contribution is -2.49. The van der Waals surface area contributed by atoms with Crippen LogP contribution in [-0.4, -0.2) is 54.0 Å². The van der Waals surface area contributed by atoms with E-state index in [1.54, 1.807) is 4.90 Å². The third-order valence-electron chi connectivity index (χ3n) is 4.20. The molecule has 0 atom stereocenters. The first kappa shape index (κ1) is 16.2. The standard InChI is InChI=1S/C18H22N4O2/c1-3-24-18(23)22-12-10-21(11-13-22)17-9-8-16(19-20-17)15-7-5-4-6-14(15)2/h4-9H,3,10-13H2,1-2H3. The largest absolute Gasteiger partial charge is 0.450 e. The van der Waals surface area contributed by atoms with Gasteiger partial charge in [0, 0.05) is 31.7 Å². The van der Waals surface area contributed by atoms with Gasteiger partial charge in [-0.1, -0.05) is 24.3 Å². The molecule has 1 aliphatic heterocycles. The van der Waals surface area contributed by atoms with Crippen molar-refractivity contribution < 1.29 is 9.53 Å². The summed E-state index contributed by atoms with van der Waals surface area (Å²) < 4.78 is 5.04. The second-order valence-electron chi connectivity index (χ2n) is 5.76. The number of hydrogen-bond donors (Lipinski definition) is 0. The number of nitrogens with zero attached hydrogens (tertiary/aromatic N) is 4. The van der Waals surface area contributed by atoms with Crippen LogP contribution in [0.2, 0.25) is 0 Å². The SMILES string of the molecule is CCOC(=O)N1CCN(c2ccc(-c3ccccc3C)nn2)CC1. The molecule has 1 aromatic heterocycles. The third kappa shape index (κ3) is 3.48. The molecule has 0 saturated carbocycles. The highest BCUT2D eigenvalue weighted by Crippen LogP contribution is 2.22. The van der Waals surface area contributed by atoms with Crippen LogP contribution in [0, 0.1) is 6.92 Å². The fraction of sp³-hybridized carbons (Fsp3) is 0.389. The van der Waals surface area contributed by atoms with E-state index in [1.165, 1.54) is 5.56 Å². The fourth-order valence-corrected chi connectivity index (χ4v) is 2.83. The van der Waals surface area contributed by atoms with E-state index >= 15 is 0 Å². The van der Waals surface area contributed by atoms with E-state index in [0.29, 0.717) is 19.7 Å². The highest BCUT2D eigenvalue weighted by Gasteiger charge is 2.22. The van der Waals surface area contributed by atoms with Gasteiger partial charge < -0.3 is 14.5 Å². The molecule has 126 valence electrons. The maximum atomic E-state index is 11.7. The highest BCUT2D eigenvalue weighted by atomic mass is 16.6. The van der Waals surface area contributed by atoms with Crippen LogP contribution in [0.25, 0.3) is 11.3 Å². The molecule has 1 aliphatic rings. The summed E-state index contributed by atoms with van der Waals surface area (Å²) in [6.07, 6.45) is -0.238. The van der Waals surface area contributed by atoms with Crippen LogP contribution >= 0.6 is 0 Å². The predicted octanol–water partition coefficient (Wildman–Crippen LogP) is 2.73. The molecule has 2 heterocycles. The Morgan fingerprint density at radius 3 is 2.46 bits per heavy atom. The molecule has 0 spiro atoms. The molecule has 24 heavy (non-hydrogen) atoms. The van der Waals surface area contributed by atoms with Crippen LogP contribution < -0.4 is 4.90 Å². The molecule has 0 aliphatic carbocycles. The Labute approximate surface area is 142 Å². The molecule has 0 N–H and O–H groups in total. The van der Waals surface area contributed by atoms with Gasteiger partial charge in [0.15, 0.2) is 5.82 Å². The number of anilines is 1.